The average Bonchev–Trinajstić information content (AvgIpc) is 2.41. The minimum Gasteiger partial charge on any atom is -0.271 e. The predicted molar refractivity (Wildman–Crippen MR) is 84.3 cm³/mol. The molecule has 0 aliphatic rings. The van der Waals surface area contributed by atoms with Gasteiger partial charge in [0.15, 0.2) is 0 Å². The summed E-state index contributed by atoms with van der Waals surface area (Å²) in [5.74, 6) is 5.16. The highest BCUT2D eigenvalue weighted by molar-refractivity contribution is 9.10. The molecule has 1 unspecified atom stereocenters. The van der Waals surface area contributed by atoms with Crippen molar-refractivity contribution in [2.45, 2.75) is 12.5 Å². The van der Waals surface area contributed by atoms with E-state index >= 15 is 0 Å². The monoisotopic (exact) mass is 376 g/mol. The van der Waals surface area contributed by atoms with Crippen LogP contribution in [-0.2, 0) is 6.42 Å². The van der Waals surface area contributed by atoms with Crippen molar-refractivity contribution in [2.24, 2.45) is 5.84 Å². The van der Waals surface area contributed by atoms with Crippen LogP contribution in [0.15, 0.2) is 40.9 Å². The molecule has 0 bridgehead atoms. The number of halogens is 4. The zero-order valence-corrected chi connectivity index (χ0v) is 13.4. The molecule has 2 rings (SSSR count). The molecule has 0 aromatic heterocycles. The number of hydrogen-bond acceptors (Lipinski definition) is 2. The fourth-order valence-electron chi connectivity index (χ4n) is 1.95. The van der Waals surface area contributed by atoms with Crippen LogP contribution in [-0.4, -0.2) is 0 Å². The summed E-state index contributed by atoms with van der Waals surface area (Å²) < 4.78 is 14.0. The van der Waals surface area contributed by atoms with Crippen molar-refractivity contribution in [3.8, 4) is 0 Å². The lowest BCUT2D eigenvalue weighted by atomic mass is 9.99. The number of hydrazine groups is 1. The van der Waals surface area contributed by atoms with Crippen molar-refractivity contribution in [1.82, 2.24) is 5.43 Å². The zero-order valence-electron chi connectivity index (χ0n) is 10.3. The zero-order chi connectivity index (χ0) is 14.7. The first-order valence-electron chi connectivity index (χ1n) is 5.86. The Morgan fingerprint density at radius 3 is 2.50 bits per heavy atom. The van der Waals surface area contributed by atoms with Gasteiger partial charge >= 0.3 is 0 Å². The van der Waals surface area contributed by atoms with Crippen LogP contribution in [0, 0.1) is 5.82 Å². The van der Waals surface area contributed by atoms with Gasteiger partial charge in [-0.25, -0.2) is 4.39 Å². The molecular weight excluding hydrogens is 366 g/mol. The van der Waals surface area contributed by atoms with Gasteiger partial charge in [-0.2, -0.15) is 0 Å². The second kappa shape index (κ2) is 6.87. The Balaban J connectivity index is 2.26. The fraction of sp³-hybridized carbons (Fsp3) is 0.143. The Morgan fingerprint density at radius 1 is 1.15 bits per heavy atom. The number of benzene rings is 2. The second-order valence-corrected chi connectivity index (χ2v) is 6.07. The molecule has 0 spiro atoms. The van der Waals surface area contributed by atoms with Crippen LogP contribution in [0.5, 0.6) is 0 Å². The molecule has 6 heteroatoms. The van der Waals surface area contributed by atoms with E-state index in [1.807, 2.05) is 12.1 Å². The molecule has 0 aliphatic heterocycles. The van der Waals surface area contributed by atoms with Gasteiger partial charge in [-0.3, -0.25) is 11.3 Å². The summed E-state index contributed by atoms with van der Waals surface area (Å²) in [4.78, 5) is 0. The molecule has 20 heavy (non-hydrogen) atoms. The van der Waals surface area contributed by atoms with Crippen molar-refractivity contribution in [3.63, 3.8) is 0 Å². The molecule has 2 aromatic rings. The van der Waals surface area contributed by atoms with E-state index in [0.29, 0.717) is 11.4 Å². The molecular formula is C14H12BrCl2FN2. The van der Waals surface area contributed by atoms with Gasteiger partial charge in [0.25, 0.3) is 0 Å². The Morgan fingerprint density at radius 2 is 1.90 bits per heavy atom. The van der Waals surface area contributed by atoms with Crippen molar-refractivity contribution >= 4 is 39.1 Å². The summed E-state index contributed by atoms with van der Waals surface area (Å²) in [6.07, 6.45) is 0.553. The third-order valence-corrected chi connectivity index (χ3v) is 4.07. The topological polar surface area (TPSA) is 38.0 Å². The lowest BCUT2D eigenvalue weighted by Gasteiger charge is -2.18. The highest BCUT2D eigenvalue weighted by Crippen LogP contribution is 2.29. The molecule has 0 radical (unpaired) electrons. The first-order valence-corrected chi connectivity index (χ1v) is 7.41. The first-order chi connectivity index (χ1) is 9.51. The molecule has 0 saturated carbocycles. The molecule has 2 nitrogen and oxygen atoms in total. The first kappa shape index (κ1) is 15.7. The van der Waals surface area contributed by atoms with E-state index in [0.717, 1.165) is 15.6 Å². The second-order valence-electron chi connectivity index (χ2n) is 4.34. The largest absolute Gasteiger partial charge is 0.271 e. The van der Waals surface area contributed by atoms with E-state index in [2.05, 4.69) is 21.4 Å². The van der Waals surface area contributed by atoms with E-state index in [9.17, 15) is 4.39 Å². The molecule has 0 aliphatic carbocycles. The lowest BCUT2D eigenvalue weighted by molar-refractivity contribution is 0.551. The van der Waals surface area contributed by atoms with Gasteiger partial charge in [-0.05, 0) is 41.8 Å². The standard InChI is InChI=1S/C14H12BrCl2FN2/c15-9-2-3-10(11(16)7-9)14(20-19)6-8-1-4-13(18)12(17)5-8/h1-5,7,14,20H,6,19H2. The summed E-state index contributed by atoms with van der Waals surface area (Å²) in [6, 6.07) is 10.0. The van der Waals surface area contributed by atoms with E-state index in [4.69, 9.17) is 29.0 Å². The minimum atomic E-state index is -0.436. The molecule has 0 saturated heterocycles. The van der Waals surface area contributed by atoms with Gasteiger partial charge in [0, 0.05) is 9.50 Å². The SMILES string of the molecule is NNC(Cc1ccc(F)c(Cl)c1)c1ccc(Br)cc1Cl. The Bertz CT molecular complexity index is 622. The Labute approximate surface area is 135 Å². The van der Waals surface area contributed by atoms with E-state index < -0.39 is 5.82 Å². The highest BCUT2D eigenvalue weighted by Gasteiger charge is 2.15. The van der Waals surface area contributed by atoms with Crippen LogP contribution in [0.25, 0.3) is 0 Å². The molecule has 0 fully saturated rings. The van der Waals surface area contributed by atoms with E-state index in [-0.39, 0.29) is 11.1 Å². The summed E-state index contributed by atoms with van der Waals surface area (Å²) in [6.45, 7) is 0. The number of nitrogens with two attached hydrogens (primary N) is 1. The van der Waals surface area contributed by atoms with Gasteiger partial charge in [0.05, 0.1) is 11.1 Å². The molecule has 2 aromatic carbocycles. The maximum atomic E-state index is 13.2. The Hall–Kier alpha value is -0.650. The third-order valence-electron chi connectivity index (χ3n) is 2.96. The normalized spacial score (nSPS) is 12.4. The van der Waals surface area contributed by atoms with Crippen LogP contribution < -0.4 is 11.3 Å². The van der Waals surface area contributed by atoms with Crippen LogP contribution in [0.4, 0.5) is 4.39 Å². The minimum absolute atomic E-state index is 0.0974. The smallest absolute Gasteiger partial charge is 0.141 e. The van der Waals surface area contributed by atoms with Gasteiger partial charge in [-0.1, -0.05) is 51.3 Å². The maximum absolute atomic E-state index is 13.2. The summed E-state index contributed by atoms with van der Waals surface area (Å²) in [7, 11) is 0. The van der Waals surface area contributed by atoms with Crippen LogP contribution in [0.3, 0.4) is 0 Å². The fourth-order valence-corrected chi connectivity index (χ4v) is 2.95. The quantitative estimate of drug-likeness (QED) is 0.601. The van der Waals surface area contributed by atoms with Gasteiger partial charge in [0.1, 0.15) is 5.82 Å². The molecule has 1 atom stereocenters. The van der Waals surface area contributed by atoms with Crippen LogP contribution in [0.1, 0.15) is 17.2 Å². The van der Waals surface area contributed by atoms with Crippen molar-refractivity contribution in [3.05, 3.63) is 67.9 Å². The van der Waals surface area contributed by atoms with E-state index in [1.54, 1.807) is 18.2 Å². The maximum Gasteiger partial charge on any atom is 0.141 e. The summed E-state index contributed by atoms with van der Waals surface area (Å²) in [5.41, 5.74) is 4.47. The van der Waals surface area contributed by atoms with Gasteiger partial charge in [-0.15, -0.1) is 0 Å². The van der Waals surface area contributed by atoms with Crippen LogP contribution >= 0.6 is 39.1 Å². The number of rotatable bonds is 4. The molecule has 106 valence electrons. The number of nitrogens with one attached hydrogen (secondary N) is 1. The van der Waals surface area contributed by atoms with Crippen molar-refractivity contribution < 1.29 is 4.39 Å². The van der Waals surface area contributed by atoms with Crippen molar-refractivity contribution in [1.29, 1.82) is 0 Å². The molecule has 0 amide bonds. The summed E-state index contributed by atoms with van der Waals surface area (Å²) >= 11 is 15.4. The predicted octanol–water partition coefficient (Wildman–Crippen LogP) is 4.64. The lowest BCUT2D eigenvalue weighted by Crippen LogP contribution is -2.29. The van der Waals surface area contributed by atoms with Gasteiger partial charge < -0.3 is 0 Å². The van der Waals surface area contributed by atoms with E-state index in [1.165, 1.54) is 6.07 Å². The molecule has 3 N–H and O–H groups in total. The van der Waals surface area contributed by atoms with Gasteiger partial charge in [0.2, 0.25) is 0 Å². The highest BCUT2D eigenvalue weighted by atomic mass is 79.9. The summed E-state index contributed by atoms with van der Waals surface area (Å²) in [5, 5.41) is 0.704. The van der Waals surface area contributed by atoms with Crippen molar-refractivity contribution in [2.75, 3.05) is 0 Å². The van der Waals surface area contributed by atoms with Crippen LogP contribution in [0.2, 0.25) is 10.0 Å². The Kier molecular flexibility index (Phi) is 5.41. The number of hydrogen-bond donors (Lipinski definition) is 2. The molecule has 0 heterocycles. The average molecular weight is 378 g/mol. The third kappa shape index (κ3) is 3.71.